The molecule has 6 heteroatoms. The van der Waals surface area contributed by atoms with E-state index in [9.17, 15) is 13.2 Å². The predicted molar refractivity (Wildman–Crippen MR) is 81.0 cm³/mol. The maximum absolute atomic E-state index is 12.1. The molecular formula is C15H19NO4S. The molecule has 1 aliphatic carbocycles. The maximum atomic E-state index is 12.1. The van der Waals surface area contributed by atoms with Crippen molar-refractivity contribution in [2.24, 2.45) is 5.14 Å². The van der Waals surface area contributed by atoms with Crippen molar-refractivity contribution in [1.29, 1.82) is 0 Å². The Hall–Kier alpha value is -1.66. The number of carbonyl (C=O) groups excluding carboxylic acids is 1. The van der Waals surface area contributed by atoms with E-state index in [0.717, 1.165) is 42.4 Å². The molecule has 0 aromatic heterocycles. The van der Waals surface area contributed by atoms with Crippen LogP contribution in [0.3, 0.4) is 0 Å². The van der Waals surface area contributed by atoms with Gasteiger partial charge < -0.3 is 4.18 Å². The van der Waals surface area contributed by atoms with E-state index in [0.29, 0.717) is 0 Å². The van der Waals surface area contributed by atoms with Crippen LogP contribution in [-0.2, 0) is 21.5 Å². The maximum Gasteiger partial charge on any atom is 0.380 e. The second-order valence-corrected chi connectivity index (χ2v) is 6.32. The van der Waals surface area contributed by atoms with Gasteiger partial charge in [-0.05, 0) is 47.8 Å². The third-order valence-electron chi connectivity index (χ3n) is 3.42. The van der Waals surface area contributed by atoms with E-state index >= 15 is 0 Å². The van der Waals surface area contributed by atoms with E-state index in [1.807, 2.05) is 6.08 Å². The van der Waals surface area contributed by atoms with Crippen LogP contribution in [0.1, 0.15) is 43.7 Å². The summed E-state index contributed by atoms with van der Waals surface area (Å²) in [6.45, 7) is 2.12. The largest absolute Gasteiger partial charge is 0.380 e. The molecule has 0 spiro atoms. The summed E-state index contributed by atoms with van der Waals surface area (Å²) in [5.74, 6) is 0.221. The Morgan fingerprint density at radius 3 is 2.71 bits per heavy atom. The van der Waals surface area contributed by atoms with Crippen LogP contribution < -0.4 is 9.32 Å². The molecule has 114 valence electrons. The van der Waals surface area contributed by atoms with Crippen LogP contribution in [-0.4, -0.2) is 14.2 Å². The van der Waals surface area contributed by atoms with Crippen molar-refractivity contribution in [1.82, 2.24) is 0 Å². The van der Waals surface area contributed by atoms with Gasteiger partial charge in [-0.15, -0.1) is 0 Å². The number of unbranched alkanes of at least 4 members (excludes halogenated alkanes) is 2. The highest BCUT2D eigenvalue weighted by Crippen LogP contribution is 2.28. The number of ketones is 1. The average Bonchev–Trinajstić information content (AvgIpc) is 2.38. The molecular weight excluding hydrogens is 290 g/mol. The molecule has 0 unspecified atom stereocenters. The van der Waals surface area contributed by atoms with Gasteiger partial charge in [0.25, 0.3) is 0 Å². The summed E-state index contributed by atoms with van der Waals surface area (Å²) in [5, 5.41) is 4.83. The monoisotopic (exact) mass is 309 g/mol. The number of fused-ring (bicyclic) bond motifs is 1. The standard InChI is InChI=1S/C15H19NO4S/c1-2-3-4-5-12-8-11-6-7-14(20-21(16,18)19)9-13(11)10-15(12)17/h6-9H,2-5,10H2,1H3,(H2,16,18,19). The number of carbonyl (C=O) groups is 1. The molecule has 0 bridgehead atoms. The summed E-state index contributed by atoms with van der Waals surface area (Å²) in [7, 11) is -4.04. The van der Waals surface area contributed by atoms with Gasteiger partial charge in [-0.25, -0.2) is 0 Å². The van der Waals surface area contributed by atoms with Gasteiger partial charge in [0.1, 0.15) is 5.75 Å². The van der Waals surface area contributed by atoms with Crippen LogP contribution in [0.5, 0.6) is 5.75 Å². The van der Waals surface area contributed by atoms with E-state index in [4.69, 9.17) is 5.14 Å². The second kappa shape index (κ2) is 6.41. The van der Waals surface area contributed by atoms with Crippen LogP contribution in [0, 0.1) is 0 Å². The lowest BCUT2D eigenvalue weighted by Gasteiger charge is -2.16. The molecule has 0 saturated carbocycles. The van der Waals surface area contributed by atoms with Gasteiger partial charge in [-0.2, -0.15) is 13.6 Å². The van der Waals surface area contributed by atoms with Gasteiger partial charge in [0, 0.05) is 6.42 Å². The molecule has 0 radical (unpaired) electrons. The lowest BCUT2D eigenvalue weighted by molar-refractivity contribution is -0.115. The van der Waals surface area contributed by atoms with E-state index in [2.05, 4.69) is 11.1 Å². The lowest BCUT2D eigenvalue weighted by atomic mass is 9.88. The van der Waals surface area contributed by atoms with Crippen molar-refractivity contribution in [2.45, 2.75) is 39.0 Å². The van der Waals surface area contributed by atoms with E-state index in [1.54, 1.807) is 18.2 Å². The van der Waals surface area contributed by atoms with Gasteiger partial charge in [0.2, 0.25) is 0 Å². The third-order valence-corrected chi connectivity index (χ3v) is 3.84. The van der Waals surface area contributed by atoms with E-state index in [1.165, 1.54) is 0 Å². The minimum atomic E-state index is -4.04. The summed E-state index contributed by atoms with van der Waals surface area (Å²) in [6, 6.07) is 4.85. The Labute approximate surface area is 125 Å². The first-order valence-corrected chi connectivity index (χ1v) is 8.45. The molecule has 0 saturated heterocycles. The quantitative estimate of drug-likeness (QED) is 0.817. The molecule has 2 rings (SSSR count). The summed E-state index contributed by atoms with van der Waals surface area (Å²) in [4.78, 5) is 12.1. The molecule has 0 atom stereocenters. The van der Waals surface area contributed by atoms with Crippen molar-refractivity contribution in [3.05, 3.63) is 34.9 Å². The first-order chi connectivity index (χ1) is 9.89. The van der Waals surface area contributed by atoms with Crippen LogP contribution in [0.4, 0.5) is 0 Å². The Kier molecular flexibility index (Phi) is 4.80. The summed E-state index contributed by atoms with van der Waals surface area (Å²) in [5.41, 5.74) is 2.54. The molecule has 0 heterocycles. The van der Waals surface area contributed by atoms with Crippen LogP contribution in [0.25, 0.3) is 6.08 Å². The molecule has 0 aliphatic heterocycles. The van der Waals surface area contributed by atoms with Crippen LogP contribution >= 0.6 is 0 Å². The van der Waals surface area contributed by atoms with E-state index < -0.39 is 10.3 Å². The number of benzene rings is 1. The van der Waals surface area contributed by atoms with Crippen LogP contribution in [0.15, 0.2) is 23.8 Å². The van der Waals surface area contributed by atoms with Gasteiger partial charge >= 0.3 is 10.3 Å². The molecule has 1 aromatic rings. The van der Waals surface area contributed by atoms with Crippen molar-refractivity contribution >= 4 is 22.2 Å². The van der Waals surface area contributed by atoms with Crippen molar-refractivity contribution < 1.29 is 17.4 Å². The minimum Gasteiger partial charge on any atom is -0.371 e. The molecule has 5 nitrogen and oxygen atoms in total. The Bertz CT molecular complexity index is 677. The number of Topliss-reactive ketones (excluding diaryl/α,β-unsaturated/α-hetero) is 1. The zero-order valence-corrected chi connectivity index (χ0v) is 12.8. The van der Waals surface area contributed by atoms with Gasteiger partial charge in [0.15, 0.2) is 5.78 Å². The van der Waals surface area contributed by atoms with Crippen LogP contribution in [0.2, 0.25) is 0 Å². The zero-order chi connectivity index (χ0) is 15.5. The Morgan fingerprint density at radius 1 is 1.29 bits per heavy atom. The Balaban J connectivity index is 2.20. The van der Waals surface area contributed by atoms with Crippen molar-refractivity contribution in [2.75, 3.05) is 0 Å². The summed E-state index contributed by atoms with van der Waals surface area (Å²) in [6.07, 6.45) is 6.19. The van der Waals surface area contributed by atoms with Gasteiger partial charge in [0.05, 0.1) is 0 Å². The molecule has 21 heavy (non-hydrogen) atoms. The van der Waals surface area contributed by atoms with E-state index in [-0.39, 0.29) is 18.0 Å². The summed E-state index contributed by atoms with van der Waals surface area (Å²) >= 11 is 0. The average molecular weight is 309 g/mol. The number of hydrogen-bond donors (Lipinski definition) is 1. The third kappa shape index (κ3) is 4.41. The number of allylic oxidation sites excluding steroid dienone is 1. The molecule has 0 fully saturated rings. The lowest BCUT2D eigenvalue weighted by Crippen LogP contribution is -2.19. The Morgan fingerprint density at radius 2 is 2.05 bits per heavy atom. The highest BCUT2D eigenvalue weighted by atomic mass is 32.2. The first-order valence-electron chi connectivity index (χ1n) is 6.98. The molecule has 2 N–H and O–H groups in total. The second-order valence-electron chi connectivity index (χ2n) is 5.16. The number of nitrogens with two attached hydrogens (primary N) is 1. The number of hydrogen-bond acceptors (Lipinski definition) is 4. The fourth-order valence-electron chi connectivity index (χ4n) is 2.39. The predicted octanol–water partition coefficient (Wildman–Crippen LogP) is 2.36. The van der Waals surface area contributed by atoms with Crippen molar-refractivity contribution in [3.8, 4) is 5.75 Å². The molecule has 0 amide bonds. The fraction of sp³-hybridized carbons (Fsp3) is 0.400. The SMILES string of the molecule is CCCCCC1=Cc2ccc(OS(N)(=O)=O)cc2CC1=O. The molecule has 1 aromatic carbocycles. The smallest absolute Gasteiger partial charge is 0.371 e. The highest BCUT2D eigenvalue weighted by Gasteiger charge is 2.19. The normalized spacial score (nSPS) is 14.6. The fourth-order valence-corrected chi connectivity index (χ4v) is 2.77. The zero-order valence-electron chi connectivity index (χ0n) is 12.0. The van der Waals surface area contributed by atoms with Gasteiger partial charge in [-0.1, -0.05) is 25.8 Å². The van der Waals surface area contributed by atoms with Crippen molar-refractivity contribution in [3.63, 3.8) is 0 Å². The topological polar surface area (TPSA) is 86.5 Å². The minimum absolute atomic E-state index is 0.0892. The molecule has 1 aliphatic rings. The first kappa shape index (κ1) is 15.7. The van der Waals surface area contributed by atoms with Gasteiger partial charge in [-0.3, -0.25) is 4.79 Å². The highest BCUT2D eigenvalue weighted by molar-refractivity contribution is 7.84. The number of rotatable bonds is 6. The summed E-state index contributed by atoms with van der Waals surface area (Å²) < 4.78 is 26.4.